The zero-order valence-corrected chi connectivity index (χ0v) is 28.0. The molecule has 5 rings (SSSR count). The molecule has 13 heteroatoms. The van der Waals surface area contributed by atoms with Crippen LogP contribution in [0.2, 0.25) is 0 Å². The molecule has 0 unspecified atom stereocenters. The highest BCUT2D eigenvalue weighted by molar-refractivity contribution is 7.09. The number of hydrogen-bond acceptors (Lipinski definition) is 8. The van der Waals surface area contributed by atoms with E-state index in [2.05, 4.69) is 20.6 Å². The van der Waals surface area contributed by atoms with E-state index in [1.54, 1.807) is 67.2 Å². The summed E-state index contributed by atoms with van der Waals surface area (Å²) in [4.78, 5) is 40.5. The lowest BCUT2D eigenvalue weighted by atomic mass is 9.85. The van der Waals surface area contributed by atoms with Gasteiger partial charge in [0.15, 0.2) is 0 Å². The van der Waals surface area contributed by atoms with Gasteiger partial charge in [-0.2, -0.15) is 13.2 Å². The monoisotopic (exact) mass is 680 g/mol. The second-order valence-corrected chi connectivity index (χ2v) is 13.2. The number of aromatic nitrogens is 2. The molecule has 1 fully saturated rings. The number of hydrogen-bond donors (Lipinski definition) is 3. The fourth-order valence-corrected chi connectivity index (χ4v) is 6.73. The summed E-state index contributed by atoms with van der Waals surface area (Å²) in [5.41, 5.74) is 0.108. The fourth-order valence-electron chi connectivity index (χ4n) is 5.79. The van der Waals surface area contributed by atoms with Crippen LogP contribution < -0.4 is 15.5 Å². The molecule has 3 heterocycles. The van der Waals surface area contributed by atoms with E-state index in [0.29, 0.717) is 29.1 Å². The third kappa shape index (κ3) is 7.86. The molecular weight excluding hydrogens is 641 g/mol. The van der Waals surface area contributed by atoms with Crippen LogP contribution in [0.25, 0.3) is 0 Å². The Morgan fingerprint density at radius 2 is 1.79 bits per heavy atom. The van der Waals surface area contributed by atoms with Crippen molar-refractivity contribution in [2.75, 3.05) is 32.1 Å². The first-order valence-corrected chi connectivity index (χ1v) is 16.5. The van der Waals surface area contributed by atoms with Crippen LogP contribution in [0.3, 0.4) is 0 Å². The summed E-state index contributed by atoms with van der Waals surface area (Å²) in [5.74, 6) is -0.421. The van der Waals surface area contributed by atoms with Gasteiger partial charge < -0.3 is 25.5 Å². The van der Waals surface area contributed by atoms with Crippen LogP contribution in [0.4, 0.5) is 19.0 Å². The molecule has 0 bridgehead atoms. The molecule has 48 heavy (non-hydrogen) atoms. The largest absolute Gasteiger partial charge is 0.416 e. The first kappa shape index (κ1) is 35.0. The fraction of sp³-hybridized carbons (Fsp3) is 0.371. The van der Waals surface area contributed by atoms with Crippen LogP contribution in [0.1, 0.15) is 74.0 Å². The molecule has 2 aromatic heterocycles. The van der Waals surface area contributed by atoms with Crippen LogP contribution in [0.5, 0.6) is 0 Å². The van der Waals surface area contributed by atoms with Gasteiger partial charge in [-0.3, -0.25) is 9.59 Å². The number of carbonyl (C=O) groups excluding carboxylic acids is 2. The quantitative estimate of drug-likeness (QED) is 0.186. The zero-order chi connectivity index (χ0) is 34.6. The molecule has 0 spiro atoms. The SMILES string of the molecule is Cc1csc([C@H]2CCCN2C(=O)c2cc(C(=O)N[C@@](C)(c3ccccc3)[C@H](O)CNCc3cccc(C(F)(F)F)c3)nc(N(C)C)c2)n1. The average molecular weight is 681 g/mol. The van der Waals surface area contributed by atoms with E-state index in [-0.39, 0.29) is 30.7 Å². The third-order valence-corrected chi connectivity index (χ3v) is 9.58. The number of alkyl halides is 3. The Balaban J connectivity index is 1.38. The number of nitrogens with zero attached hydrogens (tertiary/aromatic N) is 4. The van der Waals surface area contributed by atoms with Crippen molar-refractivity contribution in [2.45, 2.75) is 57.1 Å². The maximum Gasteiger partial charge on any atom is 0.416 e. The molecule has 3 N–H and O–H groups in total. The molecule has 1 saturated heterocycles. The highest BCUT2D eigenvalue weighted by Gasteiger charge is 2.38. The molecule has 1 aliphatic rings. The lowest BCUT2D eigenvalue weighted by Gasteiger charge is -2.36. The number of likely N-dealkylation sites (tertiary alicyclic amines) is 1. The number of carbonyl (C=O) groups is 2. The van der Waals surface area contributed by atoms with E-state index in [9.17, 15) is 27.9 Å². The molecule has 0 saturated carbocycles. The number of nitrogens with one attached hydrogen (secondary N) is 2. The number of thiazole rings is 1. The molecule has 9 nitrogen and oxygen atoms in total. The second kappa shape index (κ2) is 14.4. The van der Waals surface area contributed by atoms with E-state index in [4.69, 9.17) is 0 Å². The Morgan fingerprint density at radius 3 is 2.46 bits per heavy atom. The summed E-state index contributed by atoms with van der Waals surface area (Å²) in [7, 11) is 3.53. The van der Waals surface area contributed by atoms with Gasteiger partial charge in [0.1, 0.15) is 16.5 Å². The maximum absolute atomic E-state index is 14.0. The molecule has 4 aromatic rings. The lowest BCUT2D eigenvalue weighted by Crippen LogP contribution is -2.55. The Kier molecular flexibility index (Phi) is 10.5. The number of halogens is 3. The van der Waals surface area contributed by atoms with Crippen molar-refractivity contribution >= 4 is 29.0 Å². The van der Waals surface area contributed by atoms with Crippen LogP contribution in [0, 0.1) is 6.92 Å². The second-order valence-electron chi connectivity index (χ2n) is 12.3. The molecule has 3 atom stereocenters. The van der Waals surface area contributed by atoms with E-state index in [1.165, 1.54) is 23.5 Å². The average Bonchev–Trinajstić information content (AvgIpc) is 3.73. The van der Waals surface area contributed by atoms with Crippen molar-refractivity contribution in [3.05, 3.63) is 111 Å². The Labute approximate surface area is 281 Å². The normalized spacial score (nSPS) is 16.8. The van der Waals surface area contributed by atoms with E-state index in [0.717, 1.165) is 35.7 Å². The summed E-state index contributed by atoms with van der Waals surface area (Å²) in [6, 6.07) is 16.8. The zero-order valence-electron chi connectivity index (χ0n) is 27.2. The predicted molar refractivity (Wildman–Crippen MR) is 179 cm³/mol. The van der Waals surface area contributed by atoms with Gasteiger partial charge in [0.25, 0.3) is 11.8 Å². The molecule has 2 amide bonds. The first-order valence-electron chi connectivity index (χ1n) is 15.6. The number of amides is 2. The number of anilines is 1. The van der Waals surface area contributed by atoms with Crippen LogP contribution in [-0.2, 0) is 18.3 Å². The molecule has 2 aromatic carbocycles. The Hall–Kier alpha value is -4.33. The van der Waals surface area contributed by atoms with Gasteiger partial charge in [-0.05, 0) is 56.0 Å². The number of aliphatic hydroxyl groups excluding tert-OH is 1. The molecule has 0 aliphatic carbocycles. The van der Waals surface area contributed by atoms with Gasteiger partial charge in [-0.15, -0.1) is 11.3 Å². The van der Waals surface area contributed by atoms with Crippen molar-refractivity contribution < 1.29 is 27.9 Å². The van der Waals surface area contributed by atoms with Crippen molar-refractivity contribution in [1.29, 1.82) is 0 Å². The lowest BCUT2D eigenvalue weighted by molar-refractivity contribution is -0.137. The highest BCUT2D eigenvalue weighted by atomic mass is 32.1. The highest BCUT2D eigenvalue weighted by Crippen LogP contribution is 2.35. The standard InChI is InChI=1S/C35H39F3N6O3S/c1-22-21-48-32(40-22)28-14-9-15-44(28)33(47)24-17-27(41-30(18-24)43(3)4)31(46)42-34(2,25-11-6-5-7-12-25)29(45)20-39-19-23-10-8-13-26(16-23)35(36,37)38/h5-8,10-13,16-18,21,28-29,39,45H,9,14-15,19-20H2,1-4H3,(H,42,46)/t28-,29-,34+/m1/s1. The van der Waals surface area contributed by atoms with Crippen molar-refractivity contribution in [3.63, 3.8) is 0 Å². The van der Waals surface area contributed by atoms with E-state index >= 15 is 0 Å². The number of rotatable bonds is 11. The van der Waals surface area contributed by atoms with Crippen molar-refractivity contribution in [3.8, 4) is 0 Å². The van der Waals surface area contributed by atoms with Crippen LogP contribution in [0.15, 0.2) is 72.1 Å². The summed E-state index contributed by atoms with van der Waals surface area (Å²) >= 11 is 1.53. The Bertz CT molecular complexity index is 1750. The minimum Gasteiger partial charge on any atom is -0.389 e. The minimum atomic E-state index is -4.47. The number of aliphatic hydroxyl groups is 1. The van der Waals surface area contributed by atoms with Gasteiger partial charge in [-0.1, -0.05) is 48.5 Å². The van der Waals surface area contributed by atoms with Gasteiger partial charge in [0, 0.05) is 50.4 Å². The maximum atomic E-state index is 14.0. The summed E-state index contributed by atoms with van der Waals surface area (Å²) in [6.45, 7) is 4.17. The van der Waals surface area contributed by atoms with Gasteiger partial charge in [0.2, 0.25) is 0 Å². The first-order chi connectivity index (χ1) is 22.8. The van der Waals surface area contributed by atoms with Crippen molar-refractivity contribution in [2.24, 2.45) is 0 Å². The predicted octanol–water partition coefficient (Wildman–Crippen LogP) is 5.70. The van der Waals surface area contributed by atoms with Gasteiger partial charge >= 0.3 is 6.18 Å². The number of pyridine rings is 1. The van der Waals surface area contributed by atoms with Crippen molar-refractivity contribution in [1.82, 2.24) is 25.5 Å². The third-order valence-electron chi connectivity index (χ3n) is 8.52. The minimum absolute atomic E-state index is 0.00308. The summed E-state index contributed by atoms with van der Waals surface area (Å²) in [5, 5.41) is 20.3. The smallest absolute Gasteiger partial charge is 0.389 e. The molecule has 0 radical (unpaired) electrons. The van der Waals surface area contributed by atoms with Gasteiger partial charge in [-0.25, -0.2) is 9.97 Å². The topological polar surface area (TPSA) is 111 Å². The van der Waals surface area contributed by atoms with Crippen LogP contribution >= 0.6 is 11.3 Å². The Morgan fingerprint density at radius 1 is 1.06 bits per heavy atom. The summed E-state index contributed by atoms with van der Waals surface area (Å²) in [6.07, 6.45) is -4.04. The molecule has 1 aliphatic heterocycles. The van der Waals surface area contributed by atoms with E-state index < -0.39 is 29.3 Å². The number of benzene rings is 2. The molecular formula is C35H39F3N6O3S. The number of aryl methyl sites for hydroxylation is 1. The van der Waals surface area contributed by atoms with Crippen LogP contribution in [-0.4, -0.2) is 65.1 Å². The van der Waals surface area contributed by atoms with Gasteiger partial charge in [0.05, 0.1) is 23.2 Å². The summed E-state index contributed by atoms with van der Waals surface area (Å²) < 4.78 is 39.6. The molecule has 254 valence electrons. The van der Waals surface area contributed by atoms with E-state index in [1.807, 2.05) is 18.4 Å².